The number of furan rings is 1. The fourth-order valence-electron chi connectivity index (χ4n) is 4.55. The topological polar surface area (TPSA) is 57.0 Å². The summed E-state index contributed by atoms with van der Waals surface area (Å²) in [7, 11) is 0. The van der Waals surface area contributed by atoms with Gasteiger partial charge in [-0.05, 0) is 37.2 Å². The molecule has 0 bridgehead atoms. The molecule has 0 N–H and O–H groups in total. The minimum atomic E-state index is -0.841. The number of halogens is 1. The van der Waals surface area contributed by atoms with Crippen molar-refractivity contribution < 1.29 is 14.0 Å². The number of hydrogen-bond acceptors (Lipinski definition) is 5. The molecule has 2 unspecified atom stereocenters. The molecule has 3 heterocycles. The van der Waals surface area contributed by atoms with Crippen molar-refractivity contribution in [2.75, 3.05) is 32.7 Å². The number of nitrogens with zero attached hydrogens (tertiary/aromatic N) is 3. The molecule has 1 fully saturated rings. The summed E-state index contributed by atoms with van der Waals surface area (Å²) in [5.41, 5.74) is 1.46. The zero-order valence-corrected chi connectivity index (χ0v) is 18.7. The van der Waals surface area contributed by atoms with E-state index >= 15 is 0 Å². The van der Waals surface area contributed by atoms with Gasteiger partial charge in [-0.3, -0.25) is 14.5 Å². The molecule has 1 aromatic carbocycles. The van der Waals surface area contributed by atoms with Crippen molar-refractivity contribution in [2.24, 2.45) is 5.92 Å². The molecule has 2 atom stereocenters. The first-order chi connectivity index (χ1) is 15.0. The highest BCUT2D eigenvalue weighted by atomic mass is 35.5. The summed E-state index contributed by atoms with van der Waals surface area (Å²) in [5.74, 6) is -0.530. The Kier molecular flexibility index (Phi) is 6.60. The Morgan fingerprint density at radius 1 is 1.10 bits per heavy atom. The van der Waals surface area contributed by atoms with Crippen LogP contribution < -0.4 is 0 Å². The lowest BCUT2D eigenvalue weighted by Gasteiger charge is -2.43. The Bertz CT molecular complexity index is 964. The van der Waals surface area contributed by atoms with E-state index in [1.165, 1.54) is 0 Å². The number of ketones is 1. The minimum Gasteiger partial charge on any atom is -0.467 e. The van der Waals surface area contributed by atoms with E-state index in [0.29, 0.717) is 23.0 Å². The second-order valence-corrected chi connectivity index (χ2v) is 8.51. The highest BCUT2D eigenvalue weighted by Crippen LogP contribution is 2.38. The molecular formula is C24H28ClN3O3. The van der Waals surface area contributed by atoms with Crippen LogP contribution in [0.25, 0.3) is 0 Å². The van der Waals surface area contributed by atoms with Gasteiger partial charge in [0.25, 0.3) is 0 Å². The van der Waals surface area contributed by atoms with Gasteiger partial charge >= 0.3 is 0 Å². The van der Waals surface area contributed by atoms with Gasteiger partial charge in [0.2, 0.25) is 5.91 Å². The molecule has 6 nitrogen and oxygen atoms in total. The van der Waals surface area contributed by atoms with Crippen molar-refractivity contribution in [1.82, 2.24) is 14.7 Å². The summed E-state index contributed by atoms with van der Waals surface area (Å²) in [6.45, 7) is 8.59. The zero-order chi connectivity index (χ0) is 22.0. The average Bonchev–Trinajstić information content (AvgIpc) is 3.28. The first-order valence-electron chi connectivity index (χ1n) is 10.8. The van der Waals surface area contributed by atoms with Crippen LogP contribution in [-0.4, -0.2) is 59.1 Å². The van der Waals surface area contributed by atoms with Crippen LogP contribution in [0.3, 0.4) is 0 Å². The maximum atomic E-state index is 13.7. The fraction of sp³-hybridized carbons (Fsp3) is 0.417. The summed E-state index contributed by atoms with van der Waals surface area (Å²) in [4.78, 5) is 33.2. The lowest BCUT2D eigenvalue weighted by Crippen LogP contribution is -2.53. The number of carbonyl (C=O) groups is 2. The van der Waals surface area contributed by atoms with E-state index in [0.717, 1.165) is 38.3 Å². The molecule has 31 heavy (non-hydrogen) atoms. The lowest BCUT2D eigenvalue weighted by atomic mass is 9.84. The fourth-order valence-corrected chi connectivity index (χ4v) is 4.80. The molecule has 2 aliphatic rings. The Hall–Kier alpha value is -2.41. The van der Waals surface area contributed by atoms with Gasteiger partial charge in [0.05, 0.1) is 18.8 Å². The van der Waals surface area contributed by atoms with Crippen molar-refractivity contribution in [3.8, 4) is 0 Å². The standard InChI is InChI=1S/C24H28ClN3O3/c1-3-26-10-12-27(13-11-26)23(19-8-4-5-9-20(19)25)22-21(29)15-17(2)28(24(22)30)16-18-7-6-14-31-18/h4-9,14-15,22-23H,3,10-13,16H2,1-2H3. The number of amides is 1. The largest absolute Gasteiger partial charge is 0.467 e. The van der Waals surface area contributed by atoms with Gasteiger partial charge in [-0.2, -0.15) is 0 Å². The number of piperazine rings is 1. The third-order valence-electron chi connectivity index (χ3n) is 6.30. The van der Waals surface area contributed by atoms with Crippen molar-refractivity contribution in [1.29, 1.82) is 0 Å². The first kappa shape index (κ1) is 21.8. The SMILES string of the molecule is CCN1CCN(C(c2ccccc2Cl)C2C(=O)C=C(C)N(Cc3ccco3)C2=O)CC1. The van der Waals surface area contributed by atoms with Gasteiger partial charge in [-0.25, -0.2) is 0 Å². The van der Waals surface area contributed by atoms with Crippen LogP contribution in [0.15, 0.2) is 58.9 Å². The summed E-state index contributed by atoms with van der Waals surface area (Å²) in [6, 6.07) is 10.8. The molecule has 1 aromatic heterocycles. The Labute approximate surface area is 188 Å². The van der Waals surface area contributed by atoms with Crippen LogP contribution in [0, 0.1) is 5.92 Å². The molecule has 0 radical (unpaired) electrons. The Morgan fingerprint density at radius 2 is 1.84 bits per heavy atom. The third kappa shape index (κ3) is 4.47. The second-order valence-electron chi connectivity index (χ2n) is 8.11. The highest BCUT2D eigenvalue weighted by Gasteiger charge is 2.44. The third-order valence-corrected chi connectivity index (χ3v) is 6.64. The first-order valence-corrected chi connectivity index (χ1v) is 11.1. The van der Waals surface area contributed by atoms with Crippen molar-refractivity contribution in [3.05, 3.63) is 70.8 Å². The molecule has 1 saturated heterocycles. The maximum Gasteiger partial charge on any atom is 0.240 e. The molecule has 0 aliphatic carbocycles. The monoisotopic (exact) mass is 441 g/mol. The molecule has 0 saturated carbocycles. The quantitative estimate of drug-likeness (QED) is 0.639. The number of hydrogen-bond donors (Lipinski definition) is 0. The summed E-state index contributed by atoms with van der Waals surface area (Å²) in [5, 5.41) is 0.579. The van der Waals surface area contributed by atoms with Crippen molar-refractivity contribution >= 4 is 23.3 Å². The summed E-state index contributed by atoms with van der Waals surface area (Å²) >= 11 is 6.59. The lowest BCUT2D eigenvalue weighted by molar-refractivity contribution is -0.144. The van der Waals surface area contributed by atoms with Crippen LogP contribution in [0.2, 0.25) is 5.02 Å². The van der Waals surface area contributed by atoms with E-state index in [9.17, 15) is 9.59 Å². The Balaban J connectivity index is 1.70. The van der Waals surface area contributed by atoms with E-state index in [1.54, 1.807) is 30.2 Å². The van der Waals surface area contributed by atoms with Crippen LogP contribution in [-0.2, 0) is 16.1 Å². The molecule has 1 amide bonds. The number of carbonyl (C=O) groups excluding carboxylic acids is 2. The Morgan fingerprint density at radius 3 is 2.48 bits per heavy atom. The molecule has 2 aliphatic heterocycles. The van der Waals surface area contributed by atoms with Gasteiger partial charge in [0, 0.05) is 43.0 Å². The van der Waals surface area contributed by atoms with E-state index in [-0.39, 0.29) is 11.7 Å². The van der Waals surface area contributed by atoms with Gasteiger partial charge in [-0.15, -0.1) is 0 Å². The predicted octanol–water partition coefficient (Wildman–Crippen LogP) is 3.74. The van der Waals surface area contributed by atoms with Crippen molar-refractivity contribution in [2.45, 2.75) is 26.4 Å². The van der Waals surface area contributed by atoms with Crippen molar-refractivity contribution in [3.63, 3.8) is 0 Å². The smallest absolute Gasteiger partial charge is 0.240 e. The predicted molar refractivity (Wildman–Crippen MR) is 119 cm³/mol. The second kappa shape index (κ2) is 9.39. The van der Waals surface area contributed by atoms with E-state index < -0.39 is 12.0 Å². The maximum absolute atomic E-state index is 13.7. The van der Waals surface area contributed by atoms with E-state index in [1.807, 2.05) is 30.3 Å². The average molecular weight is 442 g/mol. The number of benzene rings is 1. The normalized spacial score (nSPS) is 22.0. The number of allylic oxidation sites excluding steroid dienone is 2. The van der Waals surface area contributed by atoms with Crippen LogP contribution in [0.1, 0.15) is 31.2 Å². The zero-order valence-electron chi connectivity index (χ0n) is 18.0. The van der Waals surface area contributed by atoms with Crippen LogP contribution >= 0.6 is 11.6 Å². The summed E-state index contributed by atoms with van der Waals surface area (Å²) < 4.78 is 5.46. The van der Waals surface area contributed by atoms with Gasteiger partial charge in [-0.1, -0.05) is 36.7 Å². The molecule has 7 heteroatoms. The molecule has 164 valence electrons. The number of likely N-dealkylation sites (N-methyl/N-ethyl adjacent to an activating group) is 1. The van der Waals surface area contributed by atoms with Crippen LogP contribution in [0.4, 0.5) is 0 Å². The van der Waals surface area contributed by atoms with Crippen LogP contribution in [0.5, 0.6) is 0 Å². The van der Waals surface area contributed by atoms with E-state index in [4.69, 9.17) is 16.0 Å². The minimum absolute atomic E-state index is 0.166. The molecule has 2 aromatic rings. The summed E-state index contributed by atoms with van der Waals surface area (Å²) in [6.07, 6.45) is 3.17. The molecular weight excluding hydrogens is 414 g/mol. The van der Waals surface area contributed by atoms with E-state index in [2.05, 4.69) is 16.7 Å². The molecule has 0 spiro atoms. The van der Waals surface area contributed by atoms with Gasteiger partial charge < -0.3 is 14.2 Å². The van der Waals surface area contributed by atoms with Gasteiger partial charge in [0.15, 0.2) is 5.78 Å². The highest BCUT2D eigenvalue weighted by molar-refractivity contribution is 6.31. The molecule has 4 rings (SSSR count). The van der Waals surface area contributed by atoms with Gasteiger partial charge in [0.1, 0.15) is 11.7 Å². The number of rotatable bonds is 6.